The van der Waals surface area contributed by atoms with E-state index >= 15 is 0 Å². The van der Waals surface area contributed by atoms with E-state index in [1.807, 2.05) is 32.9 Å². The number of hydrogen-bond donors (Lipinski definition) is 1. The van der Waals surface area contributed by atoms with E-state index in [2.05, 4.69) is 26.2 Å². The Balaban J connectivity index is 2.86. The van der Waals surface area contributed by atoms with E-state index in [1.165, 1.54) is 7.11 Å². The highest BCUT2D eigenvalue weighted by Gasteiger charge is 2.23. The predicted octanol–water partition coefficient (Wildman–Crippen LogP) is 2.76. The number of methoxy groups -OCH3 is 1. The Morgan fingerprint density at radius 3 is 2.59 bits per heavy atom. The minimum Gasteiger partial charge on any atom is -0.467 e. The van der Waals surface area contributed by atoms with Crippen LogP contribution in [0.15, 0.2) is 16.6 Å². The number of nitrogens with zero attached hydrogens (tertiary/aromatic N) is 1. The van der Waals surface area contributed by atoms with E-state index < -0.39 is 0 Å². The molecule has 1 heterocycles. The van der Waals surface area contributed by atoms with Crippen LogP contribution in [-0.2, 0) is 9.53 Å². The summed E-state index contributed by atoms with van der Waals surface area (Å²) >= 11 is 3.39. The van der Waals surface area contributed by atoms with Crippen LogP contribution in [0.2, 0.25) is 0 Å². The van der Waals surface area contributed by atoms with Gasteiger partial charge >= 0.3 is 5.97 Å². The first kappa shape index (κ1) is 14.0. The second kappa shape index (κ2) is 6.00. The number of carbonyl (C=O) groups is 1. The van der Waals surface area contributed by atoms with E-state index in [0.717, 1.165) is 10.2 Å². The fraction of sp³-hybridized carbons (Fsp3) is 0.500. The van der Waals surface area contributed by atoms with E-state index in [-0.39, 0.29) is 17.9 Å². The van der Waals surface area contributed by atoms with Gasteiger partial charge in [0, 0.05) is 4.47 Å². The Morgan fingerprint density at radius 1 is 1.47 bits per heavy atom. The number of hydrogen-bond acceptors (Lipinski definition) is 4. The summed E-state index contributed by atoms with van der Waals surface area (Å²) in [6.45, 7) is 5.82. The molecule has 1 rings (SSSR count). The second-order valence-corrected chi connectivity index (χ2v) is 5.01. The van der Waals surface area contributed by atoms with Crippen molar-refractivity contribution in [2.75, 3.05) is 12.4 Å². The summed E-state index contributed by atoms with van der Waals surface area (Å²) in [5, 5.41) is 3.09. The normalized spacial score (nSPS) is 12.4. The lowest BCUT2D eigenvalue weighted by Crippen LogP contribution is -2.35. The monoisotopic (exact) mass is 300 g/mol. The number of aromatic nitrogens is 1. The van der Waals surface area contributed by atoms with Crippen molar-refractivity contribution in [3.63, 3.8) is 0 Å². The third-order valence-corrected chi connectivity index (χ3v) is 3.28. The highest BCUT2D eigenvalue weighted by Crippen LogP contribution is 2.18. The molecule has 1 aromatic heterocycles. The van der Waals surface area contributed by atoms with Crippen molar-refractivity contribution < 1.29 is 9.53 Å². The molecular formula is C12H17BrN2O2. The maximum absolute atomic E-state index is 11.6. The predicted molar refractivity (Wildman–Crippen MR) is 70.9 cm³/mol. The average molecular weight is 301 g/mol. The van der Waals surface area contributed by atoms with Gasteiger partial charge in [0.25, 0.3) is 0 Å². The van der Waals surface area contributed by atoms with Gasteiger partial charge in [0.1, 0.15) is 11.9 Å². The van der Waals surface area contributed by atoms with Crippen molar-refractivity contribution in [1.82, 2.24) is 4.98 Å². The number of aryl methyl sites for hydroxylation is 1. The smallest absolute Gasteiger partial charge is 0.328 e. The van der Waals surface area contributed by atoms with Crippen LogP contribution in [0.4, 0.5) is 5.82 Å². The minimum atomic E-state index is -0.381. The number of pyridine rings is 1. The van der Waals surface area contributed by atoms with E-state index in [4.69, 9.17) is 4.74 Å². The molecule has 0 aliphatic rings. The van der Waals surface area contributed by atoms with Gasteiger partial charge in [0.2, 0.25) is 0 Å². The van der Waals surface area contributed by atoms with Gasteiger partial charge in [-0.2, -0.15) is 0 Å². The summed E-state index contributed by atoms with van der Waals surface area (Å²) in [6.07, 6.45) is 0. The van der Waals surface area contributed by atoms with Crippen molar-refractivity contribution in [1.29, 1.82) is 0 Å². The molecule has 1 aromatic rings. The molecule has 0 spiro atoms. The number of esters is 1. The first-order valence-electron chi connectivity index (χ1n) is 5.43. The maximum Gasteiger partial charge on any atom is 0.328 e. The Morgan fingerprint density at radius 2 is 2.12 bits per heavy atom. The van der Waals surface area contributed by atoms with Gasteiger partial charge in [-0.05, 0) is 40.9 Å². The molecular weight excluding hydrogens is 284 g/mol. The summed E-state index contributed by atoms with van der Waals surface area (Å²) in [5.74, 6) is 0.533. The fourth-order valence-corrected chi connectivity index (χ4v) is 1.63. The van der Waals surface area contributed by atoms with Crippen molar-refractivity contribution in [2.45, 2.75) is 26.8 Å². The van der Waals surface area contributed by atoms with Crippen molar-refractivity contribution in [2.24, 2.45) is 5.92 Å². The van der Waals surface area contributed by atoms with E-state index in [9.17, 15) is 4.79 Å². The lowest BCUT2D eigenvalue weighted by atomic mass is 10.0. The van der Waals surface area contributed by atoms with Crippen molar-refractivity contribution >= 4 is 27.7 Å². The Bertz CT molecular complexity index is 407. The van der Waals surface area contributed by atoms with Gasteiger partial charge in [-0.1, -0.05) is 13.8 Å². The third-order valence-electron chi connectivity index (χ3n) is 2.45. The summed E-state index contributed by atoms with van der Waals surface area (Å²) in [7, 11) is 1.39. The number of anilines is 1. The zero-order valence-electron chi connectivity index (χ0n) is 10.5. The molecule has 0 saturated heterocycles. The van der Waals surface area contributed by atoms with Gasteiger partial charge < -0.3 is 10.1 Å². The Labute approximate surface area is 110 Å². The van der Waals surface area contributed by atoms with Crippen LogP contribution >= 0.6 is 15.9 Å². The molecule has 0 fully saturated rings. The molecule has 0 amide bonds. The minimum absolute atomic E-state index is 0.133. The maximum atomic E-state index is 11.6. The van der Waals surface area contributed by atoms with E-state index in [0.29, 0.717) is 5.82 Å². The largest absolute Gasteiger partial charge is 0.467 e. The van der Waals surface area contributed by atoms with E-state index in [1.54, 1.807) is 0 Å². The van der Waals surface area contributed by atoms with Gasteiger partial charge in [-0.25, -0.2) is 9.78 Å². The molecule has 0 radical (unpaired) electrons. The van der Waals surface area contributed by atoms with Crippen LogP contribution in [0.1, 0.15) is 19.5 Å². The SMILES string of the molecule is COC(=O)C(Nc1ccc(Br)c(C)n1)C(C)C. The third kappa shape index (κ3) is 3.70. The lowest BCUT2D eigenvalue weighted by molar-refractivity contribution is -0.142. The van der Waals surface area contributed by atoms with Crippen molar-refractivity contribution in [3.05, 3.63) is 22.3 Å². The molecule has 1 atom stereocenters. The zero-order valence-corrected chi connectivity index (χ0v) is 12.0. The number of nitrogens with one attached hydrogen (secondary N) is 1. The first-order valence-corrected chi connectivity index (χ1v) is 6.22. The fourth-order valence-electron chi connectivity index (χ4n) is 1.41. The Hall–Kier alpha value is -1.10. The van der Waals surface area contributed by atoms with Crippen LogP contribution in [0.25, 0.3) is 0 Å². The topological polar surface area (TPSA) is 51.2 Å². The van der Waals surface area contributed by atoms with Gasteiger partial charge in [0.05, 0.1) is 12.8 Å². The molecule has 0 bridgehead atoms. The summed E-state index contributed by atoms with van der Waals surface area (Å²) < 4.78 is 5.71. The second-order valence-electron chi connectivity index (χ2n) is 4.15. The summed E-state index contributed by atoms with van der Waals surface area (Å²) in [6, 6.07) is 3.35. The highest BCUT2D eigenvalue weighted by atomic mass is 79.9. The molecule has 1 unspecified atom stereocenters. The number of rotatable bonds is 4. The zero-order chi connectivity index (χ0) is 13.0. The molecule has 94 valence electrons. The molecule has 17 heavy (non-hydrogen) atoms. The number of ether oxygens (including phenoxy) is 1. The first-order chi connectivity index (χ1) is 7.95. The van der Waals surface area contributed by atoms with Crippen molar-refractivity contribution in [3.8, 4) is 0 Å². The van der Waals surface area contributed by atoms with Crippen LogP contribution in [-0.4, -0.2) is 24.1 Å². The standard InChI is InChI=1S/C12H17BrN2O2/c1-7(2)11(12(16)17-4)15-10-6-5-9(13)8(3)14-10/h5-7,11H,1-4H3,(H,14,15). The summed E-state index contributed by atoms with van der Waals surface area (Å²) in [4.78, 5) is 15.9. The molecule has 0 aromatic carbocycles. The van der Waals surface area contributed by atoms with Crippen LogP contribution in [0.5, 0.6) is 0 Å². The van der Waals surface area contributed by atoms with Gasteiger partial charge in [-0.3, -0.25) is 0 Å². The highest BCUT2D eigenvalue weighted by molar-refractivity contribution is 9.10. The lowest BCUT2D eigenvalue weighted by Gasteiger charge is -2.20. The van der Waals surface area contributed by atoms with Gasteiger partial charge in [-0.15, -0.1) is 0 Å². The molecule has 0 aliphatic carbocycles. The number of halogens is 1. The molecule has 1 N–H and O–H groups in total. The molecule has 5 heteroatoms. The van der Waals surface area contributed by atoms with Crippen LogP contribution in [0.3, 0.4) is 0 Å². The van der Waals surface area contributed by atoms with Crippen LogP contribution in [0, 0.1) is 12.8 Å². The molecule has 0 saturated carbocycles. The van der Waals surface area contributed by atoms with Gasteiger partial charge in [0.15, 0.2) is 0 Å². The number of carbonyl (C=O) groups excluding carboxylic acids is 1. The average Bonchev–Trinajstić information content (AvgIpc) is 2.29. The summed E-state index contributed by atoms with van der Waals surface area (Å²) in [5.41, 5.74) is 0.877. The Kier molecular flexibility index (Phi) is 4.93. The molecule has 4 nitrogen and oxygen atoms in total. The quantitative estimate of drug-likeness (QED) is 0.869. The molecule has 0 aliphatic heterocycles. The van der Waals surface area contributed by atoms with Crippen LogP contribution < -0.4 is 5.32 Å².